The van der Waals surface area contributed by atoms with Crippen LogP contribution in [-0.2, 0) is 4.74 Å². The summed E-state index contributed by atoms with van der Waals surface area (Å²) in [5.74, 6) is 0.554. The van der Waals surface area contributed by atoms with Gasteiger partial charge >= 0.3 is 0 Å². The van der Waals surface area contributed by atoms with Gasteiger partial charge in [-0.1, -0.05) is 19.9 Å². The summed E-state index contributed by atoms with van der Waals surface area (Å²) < 4.78 is 5.89. The van der Waals surface area contributed by atoms with E-state index in [-0.39, 0.29) is 5.54 Å². The molecule has 96 valence electrons. The molecule has 0 spiro atoms. The first kappa shape index (κ1) is 15.7. The molecule has 0 aliphatic rings. The molecule has 0 heterocycles. The summed E-state index contributed by atoms with van der Waals surface area (Å²) in [6.45, 7) is 16.4. The summed E-state index contributed by atoms with van der Waals surface area (Å²) in [7, 11) is 0. The lowest BCUT2D eigenvalue weighted by atomic mass is 10.0. The molecule has 16 heavy (non-hydrogen) atoms. The van der Waals surface area contributed by atoms with Gasteiger partial charge in [-0.3, -0.25) is 0 Å². The van der Waals surface area contributed by atoms with Gasteiger partial charge in [0.2, 0.25) is 0 Å². The van der Waals surface area contributed by atoms with Gasteiger partial charge in [0.15, 0.2) is 0 Å². The van der Waals surface area contributed by atoms with E-state index in [1.807, 2.05) is 6.08 Å². The molecular formula is C14H29NO. The van der Waals surface area contributed by atoms with Crippen molar-refractivity contribution in [3.8, 4) is 0 Å². The first-order valence-electron chi connectivity index (χ1n) is 6.34. The molecular weight excluding hydrogens is 198 g/mol. The van der Waals surface area contributed by atoms with Crippen LogP contribution in [0.5, 0.6) is 0 Å². The number of hydrogen-bond acceptors (Lipinski definition) is 2. The Labute approximate surface area is 101 Å². The van der Waals surface area contributed by atoms with Crippen LogP contribution >= 0.6 is 0 Å². The Morgan fingerprint density at radius 2 is 1.94 bits per heavy atom. The van der Waals surface area contributed by atoms with Gasteiger partial charge in [0.25, 0.3) is 0 Å². The molecule has 0 amide bonds. The largest absolute Gasteiger partial charge is 0.377 e. The average molecular weight is 227 g/mol. The maximum Gasteiger partial charge on any atom is 0.0722 e. The van der Waals surface area contributed by atoms with Gasteiger partial charge in [-0.15, -0.1) is 6.58 Å². The predicted octanol–water partition coefficient (Wildman–Crippen LogP) is 3.38. The third-order valence-corrected chi connectivity index (χ3v) is 2.46. The molecule has 1 atom stereocenters. The molecule has 0 saturated carbocycles. The van der Waals surface area contributed by atoms with Crippen molar-refractivity contribution in [2.45, 2.75) is 59.1 Å². The van der Waals surface area contributed by atoms with Crippen molar-refractivity contribution < 1.29 is 4.74 Å². The normalized spacial score (nSPS) is 14.1. The molecule has 0 rings (SSSR count). The Balaban J connectivity index is 3.84. The zero-order valence-corrected chi connectivity index (χ0v) is 11.7. The highest BCUT2D eigenvalue weighted by molar-refractivity contribution is 4.75. The molecule has 0 saturated heterocycles. The lowest BCUT2D eigenvalue weighted by molar-refractivity contribution is 0.0183. The van der Waals surface area contributed by atoms with Crippen molar-refractivity contribution in [1.82, 2.24) is 5.32 Å². The fourth-order valence-corrected chi connectivity index (χ4v) is 1.36. The molecule has 2 nitrogen and oxygen atoms in total. The second-order valence-corrected chi connectivity index (χ2v) is 5.72. The summed E-state index contributed by atoms with van der Waals surface area (Å²) >= 11 is 0. The Morgan fingerprint density at radius 1 is 1.31 bits per heavy atom. The monoisotopic (exact) mass is 227 g/mol. The third kappa shape index (κ3) is 8.93. The van der Waals surface area contributed by atoms with Gasteiger partial charge in [0.05, 0.1) is 6.10 Å². The second-order valence-electron chi connectivity index (χ2n) is 5.72. The lowest BCUT2D eigenvalue weighted by Crippen LogP contribution is -2.43. The van der Waals surface area contributed by atoms with Crippen LogP contribution in [-0.4, -0.2) is 24.8 Å². The fourth-order valence-electron chi connectivity index (χ4n) is 1.36. The third-order valence-electron chi connectivity index (χ3n) is 2.46. The highest BCUT2D eigenvalue weighted by atomic mass is 16.5. The molecule has 0 aromatic rings. The molecule has 0 aromatic carbocycles. The van der Waals surface area contributed by atoms with Crippen LogP contribution in [0.25, 0.3) is 0 Å². The number of allylic oxidation sites excluding steroid dienone is 1. The van der Waals surface area contributed by atoms with Crippen LogP contribution in [0.2, 0.25) is 0 Å². The van der Waals surface area contributed by atoms with E-state index in [1.54, 1.807) is 0 Å². The van der Waals surface area contributed by atoms with Crippen LogP contribution in [0.1, 0.15) is 47.5 Å². The number of hydrogen-bond donors (Lipinski definition) is 1. The second kappa shape index (κ2) is 7.86. The van der Waals surface area contributed by atoms with E-state index in [9.17, 15) is 0 Å². The molecule has 0 bridgehead atoms. The number of ether oxygens (including phenoxy) is 1. The van der Waals surface area contributed by atoms with Crippen molar-refractivity contribution in [3.05, 3.63) is 12.7 Å². The maximum absolute atomic E-state index is 5.89. The predicted molar refractivity (Wildman–Crippen MR) is 71.8 cm³/mol. The van der Waals surface area contributed by atoms with Crippen LogP contribution in [0.3, 0.4) is 0 Å². The smallest absolute Gasteiger partial charge is 0.0722 e. The van der Waals surface area contributed by atoms with Crippen molar-refractivity contribution in [2.75, 3.05) is 13.2 Å². The summed E-state index contributed by atoms with van der Waals surface area (Å²) in [6, 6.07) is 0. The van der Waals surface area contributed by atoms with E-state index in [0.29, 0.717) is 12.0 Å². The number of rotatable bonds is 8. The highest BCUT2D eigenvalue weighted by Gasteiger charge is 2.17. The Morgan fingerprint density at radius 3 is 2.38 bits per heavy atom. The molecule has 0 aliphatic heterocycles. The quantitative estimate of drug-likeness (QED) is 0.507. The lowest BCUT2D eigenvalue weighted by Gasteiger charge is -2.27. The minimum atomic E-state index is 0.164. The van der Waals surface area contributed by atoms with Crippen molar-refractivity contribution >= 4 is 0 Å². The van der Waals surface area contributed by atoms with Gasteiger partial charge in [-0.25, -0.2) is 0 Å². The van der Waals surface area contributed by atoms with E-state index >= 15 is 0 Å². The molecule has 0 aliphatic carbocycles. The Hall–Kier alpha value is -0.340. The first-order valence-corrected chi connectivity index (χ1v) is 6.34. The van der Waals surface area contributed by atoms with Gasteiger partial charge in [0.1, 0.15) is 0 Å². The van der Waals surface area contributed by atoms with Crippen molar-refractivity contribution in [3.63, 3.8) is 0 Å². The van der Waals surface area contributed by atoms with Crippen LogP contribution in [0.4, 0.5) is 0 Å². The molecule has 0 radical (unpaired) electrons. The molecule has 0 fully saturated rings. The zero-order chi connectivity index (χ0) is 12.6. The SMILES string of the molecule is C=CCCCOC(CNC(C)(C)C)C(C)C. The van der Waals surface area contributed by atoms with Gasteiger partial charge < -0.3 is 10.1 Å². The average Bonchev–Trinajstić information content (AvgIpc) is 2.14. The van der Waals surface area contributed by atoms with Crippen molar-refractivity contribution in [2.24, 2.45) is 5.92 Å². The van der Waals surface area contributed by atoms with Crippen molar-refractivity contribution in [1.29, 1.82) is 0 Å². The summed E-state index contributed by atoms with van der Waals surface area (Å²) in [6.07, 6.45) is 4.37. The molecule has 2 heteroatoms. The van der Waals surface area contributed by atoms with Gasteiger partial charge in [-0.2, -0.15) is 0 Å². The van der Waals surface area contributed by atoms with E-state index in [2.05, 4.69) is 46.5 Å². The maximum atomic E-state index is 5.89. The number of nitrogens with one attached hydrogen (secondary N) is 1. The van der Waals surface area contributed by atoms with Crippen LogP contribution < -0.4 is 5.32 Å². The molecule has 1 N–H and O–H groups in total. The number of unbranched alkanes of at least 4 members (excludes halogenated alkanes) is 1. The van der Waals surface area contributed by atoms with E-state index < -0.39 is 0 Å². The van der Waals surface area contributed by atoms with Gasteiger partial charge in [-0.05, 0) is 39.5 Å². The summed E-state index contributed by atoms with van der Waals surface area (Å²) in [5, 5.41) is 3.50. The fraction of sp³-hybridized carbons (Fsp3) is 0.857. The van der Waals surface area contributed by atoms with Crippen LogP contribution in [0.15, 0.2) is 12.7 Å². The highest BCUT2D eigenvalue weighted by Crippen LogP contribution is 2.09. The molecule has 0 aromatic heterocycles. The van der Waals surface area contributed by atoms with E-state index in [1.165, 1.54) is 0 Å². The standard InChI is InChI=1S/C14H29NO/c1-7-8-9-10-16-13(12(2)3)11-15-14(4,5)6/h7,12-13,15H,1,8-11H2,2-6H3. The minimum absolute atomic E-state index is 0.164. The van der Waals surface area contributed by atoms with E-state index in [0.717, 1.165) is 26.0 Å². The first-order chi connectivity index (χ1) is 7.37. The van der Waals surface area contributed by atoms with Gasteiger partial charge in [0, 0.05) is 18.7 Å². The van der Waals surface area contributed by atoms with E-state index in [4.69, 9.17) is 4.74 Å². The summed E-state index contributed by atoms with van der Waals surface area (Å²) in [5.41, 5.74) is 0.164. The summed E-state index contributed by atoms with van der Waals surface area (Å²) in [4.78, 5) is 0. The zero-order valence-electron chi connectivity index (χ0n) is 11.7. The topological polar surface area (TPSA) is 21.3 Å². The molecule has 1 unspecified atom stereocenters. The van der Waals surface area contributed by atoms with Crippen LogP contribution in [0, 0.1) is 5.92 Å². The Bertz CT molecular complexity index is 182. The Kier molecular flexibility index (Phi) is 7.69. The minimum Gasteiger partial charge on any atom is -0.377 e.